The second-order valence-electron chi connectivity index (χ2n) is 6.97. The van der Waals surface area contributed by atoms with Gasteiger partial charge in [0.15, 0.2) is 0 Å². The summed E-state index contributed by atoms with van der Waals surface area (Å²) in [5.74, 6) is 0.943. The molecule has 0 aliphatic heterocycles. The summed E-state index contributed by atoms with van der Waals surface area (Å²) in [6, 6.07) is 11.3. The van der Waals surface area contributed by atoms with Crippen molar-refractivity contribution in [2.45, 2.75) is 56.9 Å². The molecule has 1 aromatic heterocycles. The van der Waals surface area contributed by atoms with Crippen LogP contribution in [0.4, 0.5) is 0 Å². The van der Waals surface area contributed by atoms with Gasteiger partial charge in [-0.05, 0) is 55.7 Å². The van der Waals surface area contributed by atoms with Gasteiger partial charge in [0.05, 0.1) is 5.54 Å². The molecule has 1 nitrogen and oxygen atoms in total. The van der Waals surface area contributed by atoms with Crippen LogP contribution in [-0.4, -0.2) is 6.54 Å². The number of hydrogen-bond donors (Lipinski definition) is 1. The third-order valence-electron chi connectivity index (χ3n) is 5.56. The monoisotopic (exact) mass is 299 g/mol. The molecule has 2 aromatic rings. The van der Waals surface area contributed by atoms with Gasteiger partial charge in [-0.15, -0.1) is 11.3 Å². The van der Waals surface area contributed by atoms with Gasteiger partial charge in [0, 0.05) is 9.58 Å². The van der Waals surface area contributed by atoms with Gasteiger partial charge in [-0.2, -0.15) is 0 Å². The van der Waals surface area contributed by atoms with Crippen LogP contribution in [0.1, 0.15) is 56.2 Å². The summed E-state index contributed by atoms with van der Waals surface area (Å²) in [6.45, 7) is 1.23. The number of rotatable bonds is 4. The molecule has 2 fully saturated rings. The average molecular weight is 299 g/mol. The maximum atomic E-state index is 4.02. The van der Waals surface area contributed by atoms with Gasteiger partial charge in [-0.1, -0.05) is 43.9 Å². The number of thiophene rings is 1. The molecule has 0 amide bonds. The topological polar surface area (TPSA) is 12.0 Å². The summed E-state index contributed by atoms with van der Waals surface area (Å²) < 4.78 is 1.45. The molecule has 21 heavy (non-hydrogen) atoms. The molecule has 0 radical (unpaired) electrons. The van der Waals surface area contributed by atoms with Crippen LogP contribution in [0.5, 0.6) is 0 Å². The van der Waals surface area contributed by atoms with Crippen molar-refractivity contribution in [1.82, 2.24) is 5.32 Å². The normalized spacial score (nSPS) is 22.3. The highest BCUT2D eigenvalue weighted by Gasteiger charge is 2.35. The van der Waals surface area contributed by atoms with Gasteiger partial charge in [-0.25, -0.2) is 0 Å². The Morgan fingerprint density at radius 1 is 1.05 bits per heavy atom. The fraction of sp³-hybridized carbons (Fsp3) is 0.579. The highest BCUT2D eigenvalue weighted by atomic mass is 32.1. The Balaban J connectivity index is 1.63. The van der Waals surface area contributed by atoms with E-state index in [4.69, 9.17) is 0 Å². The van der Waals surface area contributed by atoms with Gasteiger partial charge >= 0.3 is 0 Å². The van der Waals surface area contributed by atoms with Crippen molar-refractivity contribution in [1.29, 1.82) is 0 Å². The predicted molar refractivity (Wildman–Crippen MR) is 91.9 cm³/mol. The van der Waals surface area contributed by atoms with Crippen molar-refractivity contribution in [3.8, 4) is 0 Å². The Labute approximate surface area is 131 Å². The van der Waals surface area contributed by atoms with Crippen LogP contribution in [0.25, 0.3) is 10.1 Å². The number of nitrogens with one attached hydrogen (secondary N) is 1. The first-order valence-electron chi connectivity index (χ1n) is 8.60. The van der Waals surface area contributed by atoms with Crippen molar-refractivity contribution < 1.29 is 0 Å². The van der Waals surface area contributed by atoms with Gasteiger partial charge in [0.1, 0.15) is 0 Å². The lowest BCUT2D eigenvalue weighted by Gasteiger charge is -2.40. The maximum Gasteiger partial charge on any atom is 0.0529 e. The zero-order valence-corrected chi connectivity index (χ0v) is 13.6. The van der Waals surface area contributed by atoms with Crippen LogP contribution >= 0.6 is 11.3 Å². The highest BCUT2D eigenvalue weighted by Crippen LogP contribution is 2.42. The molecular formula is C19H25NS. The molecule has 1 N–H and O–H groups in total. The number of benzene rings is 1. The first-order chi connectivity index (χ1) is 10.4. The van der Waals surface area contributed by atoms with Crippen LogP contribution in [-0.2, 0) is 5.54 Å². The highest BCUT2D eigenvalue weighted by molar-refractivity contribution is 7.19. The van der Waals surface area contributed by atoms with Gasteiger partial charge in [0.2, 0.25) is 0 Å². The lowest BCUT2D eigenvalue weighted by Crippen LogP contribution is -2.46. The standard InChI is InChI=1S/C19H25NS/c1-4-11-19(12-5-1,20-14-15-7-6-8-15)18-13-16-9-2-3-10-17(16)21-18/h2-3,9-10,13,15,20H,1,4-8,11-12,14H2. The molecule has 2 heteroatoms. The molecular weight excluding hydrogens is 274 g/mol. The van der Waals surface area contributed by atoms with E-state index in [2.05, 4.69) is 35.6 Å². The Hall–Kier alpha value is -0.860. The third kappa shape index (κ3) is 2.64. The summed E-state index contributed by atoms with van der Waals surface area (Å²) in [5.41, 5.74) is 0.275. The maximum absolute atomic E-state index is 4.02. The molecule has 2 aliphatic carbocycles. The summed E-state index contributed by atoms with van der Waals surface area (Å²) in [6.07, 6.45) is 11.2. The Morgan fingerprint density at radius 3 is 2.57 bits per heavy atom. The van der Waals surface area contributed by atoms with E-state index in [1.165, 1.54) is 68.0 Å². The summed E-state index contributed by atoms with van der Waals surface area (Å²) in [7, 11) is 0. The third-order valence-corrected chi connectivity index (χ3v) is 6.88. The van der Waals surface area contributed by atoms with Crippen LogP contribution in [0.3, 0.4) is 0 Å². The number of fused-ring (bicyclic) bond motifs is 1. The molecule has 2 saturated carbocycles. The van der Waals surface area contributed by atoms with E-state index in [-0.39, 0.29) is 5.54 Å². The van der Waals surface area contributed by atoms with Crippen molar-refractivity contribution in [3.05, 3.63) is 35.2 Å². The van der Waals surface area contributed by atoms with E-state index < -0.39 is 0 Å². The molecule has 1 heterocycles. The zero-order valence-electron chi connectivity index (χ0n) is 12.7. The van der Waals surface area contributed by atoms with E-state index in [1.807, 2.05) is 11.3 Å². The van der Waals surface area contributed by atoms with E-state index >= 15 is 0 Å². The van der Waals surface area contributed by atoms with Crippen LogP contribution < -0.4 is 5.32 Å². The Morgan fingerprint density at radius 2 is 1.86 bits per heavy atom. The van der Waals surface area contributed by atoms with E-state index in [0.717, 1.165) is 5.92 Å². The lowest BCUT2D eigenvalue weighted by atomic mass is 9.78. The van der Waals surface area contributed by atoms with Crippen molar-refractivity contribution in [2.75, 3.05) is 6.54 Å². The minimum absolute atomic E-state index is 0.275. The molecule has 4 rings (SSSR count). The predicted octanol–water partition coefficient (Wildman–Crippen LogP) is 5.45. The first-order valence-corrected chi connectivity index (χ1v) is 9.41. The Kier molecular flexibility index (Phi) is 3.76. The number of hydrogen-bond acceptors (Lipinski definition) is 2. The van der Waals surface area contributed by atoms with E-state index in [9.17, 15) is 0 Å². The van der Waals surface area contributed by atoms with Crippen LogP contribution in [0.2, 0.25) is 0 Å². The fourth-order valence-corrected chi connectivity index (χ4v) is 5.21. The quantitative estimate of drug-likeness (QED) is 0.791. The average Bonchev–Trinajstić information content (AvgIpc) is 2.91. The largest absolute Gasteiger partial charge is 0.306 e. The van der Waals surface area contributed by atoms with E-state index in [0.29, 0.717) is 0 Å². The van der Waals surface area contributed by atoms with Crippen molar-refractivity contribution in [3.63, 3.8) is 0 Å². The second-order valence-corrected chi connectivity index (χ2v) is 8.05. The van der Waals surface area contributed by atoms with Gasteiger partial charge in [-0.3, -0.25) is 0 Å². The van der Waals surface area contributed by atoms with Gasteiger partial charge < -0.3 is 5.32 Å². The molecule has 1 aromatic carbocycles. The molecule has 0 bridgehead atoms. The fourth-order valence-electron chi connectivity index (χ4n) is 3.92. The molecule has 0 saturated heterocycles. The lowest BCUT2D eigenvalue weighted by molar-refractivity contribution is 0.199. The minimum Gasteiger partial charge on any atom is -0.306 e. The van der Waals surface area contributed by atoms with E-state index in [1.54, 1.807) is 4.88 Å². The first kappa shape index (κ1) is 13.8. The smallest absolute Gasteiger partial charge is 0.0529 e. The molecule has 0 atom stereocenters. The molecule has 2 aliphatic rings. The Bertz CT molecular complexity index is 572. The minimum atomic E-state index is 0.275. The van der Waals surface area contributed by atoms with Crippen LogP contribution in [0.15, 0.2) is 30.3 Å². The zero-order chi connectivity index (χ0) is 14.1. The van der Waals surface area contributed by atoms with Crippen LogP contribution in [0, 0.1) is 5.92 Å². The summed E-state index contributed by atoms with van der Waals surface area (Å²) in [4.78, 5) is 1.59. The molecule has 0 spiro atoms. The molecule has 0 unspecified atom stereocenters. The van der Waals surface area contributed by atoms with Crippen molar-refractivity contribution >= 4 is 21.4 Å². The second kappa shape index (κ2) is 5.73. The molecule has 112 valence electrons. The summed E-state index contributed by atoms with van der Waals surface area (Å²) >= 11 is 2.02. The SMILES string of the molecule is c1ccc2sc(C3(NCC4CCC4)CCCCC3)cc2c1. The van der Waals surface area contributed by atoms with Gasteiger partial charge in [0.25, 0.3) is 0 Å². The van der Waals surface area contributed by atoms with Crippen molar-refractivity contribution in [2.24, 2.45) is 5.92 Å². The summed E-state index contributed by atoms with van der Waals surface area (Å²) in [5, 5.41) is 5.45.